The molecule has 2 aromatic carbocycles. The van der Waals surface area contributed by atoms with Gasteiger partial charge in [0.2, 0.25) is 5.91 Å². The van der Waals surface area contributed by atoms with Crippen molar-refractivity contribution in [1.29, 1.82) is 0 Å². The van der Waals surface area contributed by atoms with E-state index in [2.05, 4.69) is 0 Å². The molecule has 0 aliphatic carbocycles. The van der Waals surface area contributed by atoms with Crippen molar-refractivity contribution in [2.24, 2.45) is 0 Å². The van der Waals surface area contributed by atoms with Gasteiger partial charge in [0, 0.05) is 13.1 Å². The number of likely N-dealkylation sites (tertiary alicyclic amines) is 1. The van der Waals surface area contributed by atoms with E-state index in [1.807, 2.05) is 0 Å². The van der Waals surface area contributed by atoms with E-state index in [1.54, 1.807) is 59.5 Å². The number of amides is 3. The van der Waals surface area contributed by atoms with Gasteiger partial charge in [-0.2, -0.15) is 0 Å². The summed E-state index contributed by atoms with van der Waals surface area (Å²) in [4.78, 5) is 52.4. The summed E-state index contributed by atoms with van der Waals surface area (Å²) in [6.45, 7) is 1.09. The number of halogens is 1. The molecule has 2 fully saturated rings. The Labute approximate surface area is 194 Å². The van der Waals surface area contributed by atoms with Gasteiger partial charge in [-0.15, -0.1) is 0 Å². The summed E-state index contributed by atoms with van der Waals surface area (Å²) in [6, 6.07) is 13.1. The molecule has 0 unspecified atom stereocenters. The van der Waals surface area contributed by atoms with E-state index in [9.17, 15) is 19.2 Å². The molecule has 0 radical (unpaired) electrons. The summed E-state index contributed by atoms with van der Waals surface area (Å²) in [6.07, 6.45) is 3.46. The molecule has 164 valence electrons. The largest absolute Gasteiger partial charge is 0.423 e. The number of hydrogen-bond acceptors (Lipinski definition) is 6. The van der Waals surface area contributed by atoms with Gasteiger partial charge in [-0.3, -0.25) is 19.3 Å². The predicted octanol–water partition coefficient (Wildman–Crippen LogP) is 4.22. The Morgan fingerprint density at radius 3 is 2.41 bits per heavy atom. The molecule has 2 saturated heterocycles. The van der Waals surface area contributed by atoms with Crippen LogP contribution in [0.1, 0.15) is 28.8 Å². The van der Waals surface area contributed by atoms with E-state index in [4.69, 9.17) is 16.3 Å². The molecule has 2 aliphatic rings. The summed E-state index contributed by atoms with van der Waals surface area (Å²) in [5.41, 5.74) is 0.911. The first-order chi connectivity index (χ1) is 15.4. The Morgan fingerprint density at radius 2 is 1.72 bits per heavy atom. The molecule has 0 spiro atoms. The molecule has 3 amide bonds. The van der Waals surface area contributed by atoms with Crippen LogP contribution in [0.25, 0.3) is 6.08 Å². The van der Waals surface area contributed by atoms with E-state index in [0.717, 1.165) is 29.5 Å². The monoisotopic (exact) mass is 470 g/mol. The van der Waals surface area contributed by atoms with Crippen molar-refractivity contribution in [3.05, 3.63) is 69.6 Å². The molecular weight excluding hydrogens is 452 g/mol. The summed E-state index contributed by atoms with van der Waals surface area (Å²) in [7, 11) is 0. The second kappa shape index (κ2) is 9.58. The zero-order valence-corrected chi connectivity index (χ0v) is 18.5. The van der Waals surface area contributed by atoms with Crippen LogP contribution in [0.3, 0.4) is 0 Å². The molecular formula is C23H19ClN2O5S. The third-order valence-electron chi connectivity index (χ3n) is 5.11. The number of esters is 1. The number of nitrogens with zero attached hydrogens (tertiary/aromatic N) is 2. The third-order valence-corrected chi connectivity index (χ3v) is 6.34. The van der Waals surface area contributed by atoms with Crippen LogP contribution in [0.4, 0.5) is 4.79 Å². The Kier molecular flexibility index (Phi) is 6.62. The van der Waals surface area contributed by atoms with E-state index >= 15 is 0 Å². The van der Waals surface area contributed by atoms with Crippen LogP contribution in [0.5, 0.6) is 5.75 Å². The number of benzene rings is 2. The minimum absolute atomic E-state index is 0.212. The van der Waals surface area contributed by atoms with Gasteiger partial charge >= 0.3 is 5.97 Å². The molecule has 2 aliphatic heterocycles. The highest BCUT2D eigenvalue weighted by molar-refractivity contribution is 8.18. The highest BCUT2D eigenvalue weighted by Crippen LogP contribution is 2.32. The average Bonchev–Trinajstić information content (AvgIpc) is 3.40. The highest BCUT2D eigenvalue weighted by Gasteiger charge is 2.37. The molecule has 0 bridgehead atoms. The van der Waals surface area contributed by atoms with E-state index in [1.165, 1.54) is 0 Å². The standard InChI is InChI=1S/C23H19ClN2O5S/c24-18-6-2-1-5-17(18)22(29)31-16-9-7-15(8-10-16)13-19-21(28)26(23(30)32-19)14-20(27)25-11-3-4-12-25/h1-2,5-10,13H,3-4,11-12,14H2/b19-13-. The van der Waals surface area contributed by atoms with Gasteiger partial charge in [0.15, 0.2) is 0 Å². The fourth-order valence-electron chi connectivity index (χ4n) is 3.41. The molecule has 0 N–H and O–H groups in total. The number of ether oxygens (including phenoxy) is 1. The topological polar surface area (TPSA) is 84.0 Å². The lowest BCUT2D eigenvalue weighted by Gasteiger charge is -2.18. The molecule has 2 aromatic rings. The minimum atomic E-state index is -0.577. The lowest BCUT2D eigenvalue weighted by Crippen LogP contribution is -2.40. The molecule has 4 rings (SSSR count). The van der Waals surface area contributed by atoms with Gasteiger partial charge < -0.3 is 9.64 Å². The molecule has 0 saturated carbocycles. The molecule has 0 atom stereocenters. The molecule has 2 heterocycles. The maximum Gasteiger partial charge on any atom is 0.345 e. The van der Waals surface area contributed by atoms with Gasteiger partial charge in [-0.1, -0.05) is 35.9 Å². The van der Waals surface area contributed by atoms with Crippen LogP contribution in [0.2, 0.25) is 5.02 Å². The number of rotatable bonds is 5. The Balaban J connectivity index is 1.41. The van der Waals surface area contributed by atoms with Gasteiger partial charge in [0.05, 0.1) is 15.5 Å². The van der Waals surface area contributed by atoms with Crippen molar-refractivity contribution in [1.82, 2.24) is 9.80 Å². The predicted molar refractivity (Wildman–Crippen MR) is 121 cm³/mol. The van der Waals surface area contributed by atoms with Crippen LogP contribution < -0.4 is 4.74 Å². The summed E-state index contributed by atoms with van der Waals surface area (Å²) >= 11 is 6.82. The number of hydrogen-bond donors (Lipinski definition) is 0. The maximum atomic E-state index is 12.6. The highest BCUT2D eigenvalue weighted by atomic mass is 35.5. The first-order valence-corrected chi connectivity index (χ1v) is 11.2. The molecule has 7 nitrogen and oxygen atoms in total. The van der Waals surface area contributed by atoms with Gasteiger partial charge in [0.25, 0.3) is 11.1 Å². The normalized spacial score (nSPS) is 17.3. The quantitative estimate of drug-likeness (QED) is 0.369. The average molecular weight is 471 g/mol. The van der Waals surface area contributed by atoms with Gasteiger partial charge in [-0.05, 0) is 60.5 Å². The van der Waals surface area contributed by atoms with Crippen molar-refractivity contribution < 1.29 is 23.9 Å². The van der Waals surface area contributed by atoms with Crippen LogP contribution in [0.15, 0.2) is 53.4 Å². The number of carbonyl (C=O) groups excluding carboxylic acids is 4. The summed E-state index contributed by atoms with van der Waals surface area (Å²) in [5.74, 6) is -0.957. The third kappa shape index (κ3) is 4.87. The van der Waals surface area contributed by atoms with Crippen LogP contribution in [-0.2, 0) is 9.59 Å². The maximum absolute atomic E-state index is 12.6. The van der Waals surface area contributed by atoms with E-state index in [0.29, 0.717) is 29.4 Å². The zero-order valence-electron chi connectivity index (χ0n) is 17.0. The first-order valence-electron chi connectivity index (χ1n) is 10.0. The molecule has 9 heteroatoms. The second-order valence-corrected chi connectivity index (χ2v) is 8.69. The zero-order chi connectivity index (χ0) is 22.7. The second-order valence-electron chi connectivity index (χ2n) is 7.29. The number of carbonyl (C=O) groups is 4. The van der Waals surface area contributed by atoms with Gasteiger partial charge in [0.1, 0.15) is 12.3 Å². The van der Waals surface area contributed by atoms with Crippen molar-refractivity contribution in [3.63, 3.8) is 0 Å². The lowest BCUT2D eigenvalue weighted by atomic mass is 10.2. The smallest absolute Gasteiger partial charge is 0.345 e. The fraction of sp³-hybridized carbons (Fsp3) is 0.217. The molecule has 0 aromatic heterocycles. The van der Waals surface area contributed by atoms with E-state index in [-0.39, 0.29) is 22.9 Å². The van der Waals surface area contributed by atoms with E-state index < -0.39 is 17.1 Å². The van der Waals surface area contributed by atoms with Crippen molar-refractivity contribution in [2.45, 2.75) is 12.8 Å². The van der Waals surface area contributed by atoms with Crippen molar-refractivity contribution in [2.75, 3.05) is 19.6 Å². The fourth-order valence-corrected chi connectivity index (χ4v) is 4.46. The minimum Gasteiger partial charge on any atom is -0.423 e. The Hall–Kier alpha value is -3.10. The lowest BCUT2D eigenvalue weighted by molar-refractivity contribution is -0.135. The SMILES string of the molecule is O=C(Oc1ccc(/C=C2\SC(=O)N(CC(=O)N3CCCC3)C2=O)cc1)c1ccccc1Cl. The molecule has 32 heavy (non-hydrogen) atoms. The number of thioether (sulfide) groups is 1. The first kappa shape index (κ1) is 22.1. The summed E-state index contributed by atoms with van der Waals surface area (Å²) < 4.78 is 5.33. The summed E-state index contributed by atoms with van der Waals surface area (Å²) in [5, 5.41) is -0.160. The van der Waals surface area contributed by atoms with Gasteiger partial charge in [-0.25, -0.2) is 4.79 Å². The van der Waals surface area contributed by atoms with Crippen molar-refractivity contribution >= 4 is 52.5 Å². The Morgan fingerprint density at radius 1 is 1.03 bits per heavy atom. The van der Waals surface area contributed by atoms with Crippen LogP contribution in [0, 0.1) is 0 Å². The van der Waals surface area contributed by atoms with Crippen LogP contribution >= 0.6 is 23.4 Å². The van der Waals surface area contributed by atoms with Crippen LogP contribution in [-0.4, -0.2) is 52.5 Å². The van der Waals surface area contributed by atoms with Crippen molar-refractivity contribution in [3.8, 4) is 5.75 Å². The number of imide groups is 1. The Bertz CT molecular complexity index is 1110.